The molecule has 3 N–H and O–H groups in total. The number of hydrogen-bond donors (Lipinski definition) is 3. The second kappa shape index (κ2) is 19.9. The van der Waals surface area contributed by atoms with Crippen LogP contribution in [-0.2, 0) is 14.4 Å². The van der Waals surface area contributed by atoms with E-state index in [1.807, 2.05) is 18.2 Å². The van der Waals surface area contributed by atoms with Gasteiger partial charge < -0.3 is 30.1 Å². The van der Waals surface area contributed by atoms with E-state index in [9.17, 15) is 23.6 Å². The Hall–Kier alpha value is -5.88. The van der Waals surface area contributed by atoms with Gasteiger partial charge in [-0.3, -0.25) is 24.5 Å². The van der Waals surface area contributed by atoms with E-state index in [4.69, 9.17) is 16.3 Å². The zero-order valence-electron chi connectivity index (χ0n) is 33.4. The van der Waals surface area contributed by atoms with Crippen LogP contribution in [0, 0.1) is 17.7 Å². The Morgan fingerprint density at radius 3 is 2.52 bits per heavy atom. The van der Waals surface area contributed by atoms with Crippen LogP contribution in [0.25, 0.3) is 10.9 Å². The summed E-state index contributed by atoms with van der Waals surface area (Å²) in [6.07, 6.45) is 8.90. The maximum atomic E-state index is 13.7. The summed E-state index contributed by atoms with van der Waals surface area (Å²) in [6, 6.07) is 14.0. The van der Waals surface area contributed by atoms with Crippen LogP contribution >= 0.6 is 11.6 Å². The molecule has 1 aromatic heterocycles. The molecule has 3 aliphatic heterocycles. The number of fused-ring (bicyclic) bond motifs is 2. The largest absolute Gasteiger partial charge is 0.491 e. The number of ether oxygens (including phenoxy) is 1. The summed E-state index contributed by atoms with van der Waals surface area (Å²) < 4.78 is 19.9. The van der Waals surface area contributed by atoms with Crippen LogP contribution in [-0.4, -0.2) is 100 Å². The molecule has 2 saturated heterocycles. The van der Waals surface area contributed by atoms with Crippen LogP contribution in [0.5, 0.6) is 5.75 Å². The molecule has 13 nitrogen and oxygen atoms in total. The summed E-state index contributed by atoms with van der Waals surface area (Å²) in [4.78, 5) is 65.3. The van der Waals surface area contributed by atoms with Crippen molar-refractivity contribution in [3.63, 3.8) is 0 Å². The first kappa shape index (κ1) is 42.3. The molecule has 4 heterocycles. The van der Waals surface area contributed by atoms with Gasteiger partial charge in [0.2, 0.25) is 17.7 Å². The zero-order valence-corrected chi connectivity index (χ0v) is 34.1. The fraction of sp³-hybridized carbons (Fsp3) is 0.378. The Bertz CT molecular complexity index is 2320. The quantitative estimate of drug-likeness (QED) is 0.0486. The number of halogens is 2. The summed E-state index contributed by atoms with van der Waals surface area (Å²) in [5.74, 6) is 5.64. The molecule has 0 radical (unpaired) electrons. The van der Waals surface area contributed by atoms with Crippen LogP contribution in [0.4, 0.5) is 21.6 Å². The predicted molar refractivity (Wildman–Crippen MR) is 228 cm³/mol. The summed E-state index contributed by atoms with van der Waals surface area (Å²) in [6.45, 7) is 9.96. The van der Waals surface area contributed by atoms with Crippen LogP contribution in [0.1, 0.15) is 73.3 Å². The van der Waals surface area contributed by atoms with Crippen LogP contribution < -0.4 is 20.7 Å². The Morgan fingerprint density at radius 1 is 0.983 bits per heavy atom. The molecule has 2 unspecified atom stereocenters. The van der Waals surface area contributed by atoms with Crippen molar-refractivity contribution in [2.24, 2.45) is 0 Å². The molecule has 3 aliphatic rings. The molecule has 15 heteroatoms. The Kier molecular flexibility index (Phi) is 14.0. The standard InChI is InChI=1S/C45H48ClFN8O5/c1-2-41(56)51-37-27-33-36(48-29-49-43(33)50-30-15-16-35(47)34(46)26-30)28-40(37)60-25-11-20-54-23-21-53(22-24-54)19-10-6-4-3-5-7-14-38-31-12-8-9-13-32(31)45(59)55(38)39-17-18-42(57)52-44(39)58/h2,8-9,12-13,15-16,26-29,38-39H,1,3-6,10-11,17-25H2,(H,51,56)(H,48,49,50)(H,52,57,58). The molecule has 312 valence electrons. The van der Waals surface area contributed by atoms with Crippen molar-refractivity contribution in [1.29, 1.82) is 0 Å². The number of nitrogens with zero attached hydrogens (tertiary/aromatic N) is 5. The van der Waals surface area contributed by atoms with Crippen molar-refractivity contribution < 1.29 is 28.3 Å². The number of carbonyl (C=O) groups is 4. The highest BCUT2D eigenvalue weighted by atomic mass is 35.5. The van der Waals surface area contributed by atoms with E-state index in [1.165, 1.54) is 24.5 Å². The van der Waals surface area contributed by atoms with Gasteiger partial charge in [0.1, 0.15) is 35.8 Å². The van der Waals surface area contributed by atoms with Gasteiger partial charge in [0.15, 0.2) is 0 Å². The SMILES string of the molecule is C=CC(=O)Nc1cc2c(Nc3ccc(F)c(Cl)c3)ncnc2cc1OCCCN1CCN(CCCCCCC#CC2c3ccccc3C(=O)N2C2CCC(=O)NC2=O)CC1. The Balaban J connectivity index is 0.816. The number of piperidine rings is 1. The van der Waals surface area contributed by atoms with Gasteiger partial charge in [-0.2, -0.15) is 0 Å². The first-order valence-corrected chi connectivity index (χ1v) is 20.8. The van der Waals surface area contributed by atoms with Gasteiger partial charge in [-0.25, -0.2) is 14.4 Å². The van der Waals surface area contributed by atoms with Gasteiger partial charge in [0.05, 0.1) is 22.8 Å². The highest BCUT2D eigenvalue weighted by Crippen LogP contribution is 2.37. The normalized spacial score (nSPS) is 18.1. The number of aromatic nitrogens is 2. The van der Waals surface area contributed by atoms with E-state index in [1.54, 1.807) is 29.2 Å². The molecule has 60 heavy (non-hydrogen) atoms. The lowest BCUT2D eigenvalue weighted by molar-refractivity contribution is -0.137. The van der Waals surface area contributed by atoms with E-state index in [2.05, 4.69) is 54.1 Å². The summed E-state index contributed by atoms with van der Waals surface area (Å²) in [5.41, 5.74) is 2.98. The number of hydrogen-bond acceptors (Lipinski definition) is 10. The number of benzene rings is 3. The minimum absolute atomic E-state index is 0.0189. The van der Waals surface area contributed by atoms with Crippen molar-refractivity contribution in [2.75, 3.05) is 56.5 Å². The van der Waals surface area contributed by atoms with E-state index < -0.39 is 23.8 Å². The van der Waals surface area contributed by atoms with Crippen molar-refractivity contribution in [3.8, 4) is 17.6 Å². The third-order valence-corrected chi connectivity index (χ3v) is 11.3. The van der Waals surface area contributed by atoms with Crippen molar-refractivity contribution >= 4 is 63.3 Å². The smallest absolute Gasteiger partial charge is 0.256 e. The fourth-order valence-corrected chi connectivity index (χ4v) is 8.01. The molecule has 4 amide bonds. The molecule has 4 aromatic rings. The number of carbonyl (C=O) groups excluding carboxylic acids is 4. The zero-order chi connectivity index (χ0) is 42.0. The maximum Gasteiger partial charge on any atom is 0.256 e. The van der Waals surface area contributed by atoms with E-state index >= 15 is 0 Å². The molecular weight excluding hydrogens is 787 g/mol. The minimum atomic E-state index is -0.708. The predicted octanol–water partition coefficient (Wildman–Crippen LogP) is 6.63. The minimum Gasteiger partial charge on any atom is -0.491 e. The molecule has 0 saturated carbocycles. The van der Waals surface area contributed by atoms with Gasteiger partial charge in [0, 0.05) is 68.3 Å². The highest BCUT2D eigenvalue weighted by molar-refractivity contribution is 6.31. The molecule has 0 aliphatic carbocycles. The lowest BCUT2D eigenvalue weighted by atomic mass is 10.0. The van der Waals surface area contributed by atoms with Gasteiger partial charge in [-0.1, -0.05) is 55.1 Å². The number of anilines is 3. The molecular formula is C45H48ClFN8O5. The molecule has 0 bridgehead atoms. The maximum absolute atomic E-state index is 13.7. The van der Waals surface area contributed by atoms with Crippen molar-refractivity contribution in [3.05, 3.63) is 95.5 Å². The average Bonchev–Trinajstić information content (AvgIpc) is 3.52. The van der Waals surface area contributed by atoms with Crippen molar-refractivity contribution in [1.82, 2.24) is 30.0 Å². The lowest BCUT2D eigenvalue weighted by Crippen LogP contribution is -2.53. The summed E-state index contributed by atoms with van der Waals surface area (Å²) in [7, 11) is 0. The first-order chi connectivity index (χ1) is 29.2. The lowest BCUT2D eigenvalue weighted by Gasteiger charge is -2.34. The second-order valence-corrected chi connectivity index (χ2v) is 15.5. The van der Waals surface area contributed by atoms with E-state index in [0.717, 1.165) is 76.9 Å². The summed E-state index contributed by atoms with van der Waals surface area (Å²) >= 11 is 5.97. The van der Waals surface area contributed by atoms with Crippen LogP contribution in [0.15, 0.2) is 73.6 Å². The van der Waals surface area contributed by atoms with Crippen molar-refractivity contribution in [2.45, 2.75) is 63.5 Å². The highest BCUT2D eigenvalue weighted by Gasteiger charge is 2.44. The number of nitrogens with one attached hydrogen (secondary N) is 3. The average molecular weight is 835 g/mol. The number of imide groups is 1. The van der Waals surface area contributed by atoms with Gasteiger partial charge in [-0.15, -0.1) is 5.92 Å². The number of amides is 4. The molecule has 0 spiro atoms. The number of piperazine rings is 1. The monoisotopic (exact) mass is 834 g/mol. The van der Waals surface area contributed by atoms with Crippen LogP contribution in [0.2, 0.25) is 5.02 Å². The first-order valence-electron chi connectivity index (χ1n) is 20.4. The number of rotatable bonds is 16. The third kappa shape index (κ3) is 10.3. The van der Waals surface area contributed by atoms with Crippen LogP contribution in [0.3, 0.4) is 0 Å². The van der Waals surface area contributed by atoms with E-state index in [-0.39, 0.29) is 29.2 Å². The van der Waals surface area contributed by atoms with E-state index in [0.29, 0.717) is 58.9 Å². The van der Waals surface area contributed by atoms with Gasteiger partial charge in [0.25, 0.3) is 5.91 Å². The summed E-state index contributed by atoms with van der Waals surface area (Å²) in [5, 5.41) is 8.96. The fourth-order valence-electron chi connectivity index (χ4n) is 7.83. The Morgan fingerprint density at radius 2 is 1.75 bits per heavy atom. The Labute approximate surface area is 353 Å². The molecule has 3 aromatic carbocycles. The second-order valence-electron chi connectivity index (χ2n) is 15.1. The topological polar surface area (TPSA) is 149 Å². The van der Waals surface area contributed by atoms with Gasteiger partial charge >= 0.3 is 0 Å². The molecule has 7 rings (SSSR count). The molecule has 2 fully saturated rings. The van der Waals surface area contributed by atoms with Gasteiger partial charge in [-0.05, 0) is 74.2 Å². The molecule has 2 atom stereocenters. The third-order valence-electron chi connectivity index (χ3n) is 11.0. The number of unbranched alkanes of at least 4 members (excludes halogenated alkanes) is 4.